The second-order valence-electron chi connectivity index (χ2n) is 4.09. The number of hydrogen-bond donors (Lipinski definition) is 2. The molecule has 0 saturated heterocycles. The third-order valence-corrected chi connectivity index (χ3v) is 2.79. The third kappa shape index (κ3) is 3.67. The first kappa shape index (κ1) is 14.3. The molecular formula is C12H11BClN5O. The average molecular weight is 288 g/mol. The Morgan fingerprint density at radius 3 is 2.70 bits per heavy atom. The molecule has 20 heavy (non-hydrogen) atoms. The number of rotatable bonds is 4. The zero-order valence-electron chi connectivity index (χ0n) is 10.7. The summed E-state index contributed by atoms with van der Waals surface area (Å²) >= 11 is 5.64. The molecule has 1 unspecified atom stereocenters. The van der Waals surface area contributed by atoms with Crippen LogP contribution in [-0.4, -0.2) is 28.9 Å². The van der Waals surface area contributed by atoms with Crippen molar-refractivity contribution in [1.82, 2.24) is 20.6 Å². The minimum atomic E-state index is -0.471. The summed E-state index contributed by atoms with van der Waals surface area (Å²) in [6.45, 7) is 1.71. The fourth-order valence-corrected chi connectivity index (χ4v) is 1.51. The molecule has 2 heterocycles. The van der Waals surface area contributed by atoms with E-state index in [2.05, 4.69) is 26.0 Å². The summed E-state index contributed by atoms with van der Waals surface area (Å²) in [5, 5.41) is 7.85. The molecule has 2 aromatic rings. The Bertz CT molecular complexity index is 590. The molecule has 0 aliphatic carbocycles. The molecule has 0 aromatic carbocycles. The highest BCUT2D eigenvalue weighted by Crippen LogP contribution is 2.13. The Labute approximate surface area is 122 Å². The largest absolute Gasteiger partial charge is 0.282 e. The molecule has 8 heteroatoms. The first-order valence-electron chi connectivity index (χ1n) is 5.83. The van der Waals surface area contributed by atoms with Crippen molar-refractivity contribution in [2.45, 2.75) is 12.8 Å². The SMILES string of the molecule is [B]c1ccc(NNC(=O)C(C)c2ccc(Cl)nn2)nc1. The van der Waals surface area contributed by atoms with Crippen LogP contribution >= 0.6 is 11.6 Å². The summed E-state index contributed by atoms with van der Waals surface area (Å²) in [5.41, 5.74) is 6.31. The molecule has 0 saturated carbocycles. The Morgan fingerprint density at radius 2 is 2.10 bits per heavy atom. The number of halogens is 1. The van der Waals surface area contributed by atoms with Gasteiger partial charge in [-0.25, -0.2) is 4.98 Å². The van der Waals surface area contributed by atoms with Gasteiger partial charge in [-0.15, -0.1) is 5.10 Å². The number of nitrogens with one attached hydrogen (secondary N) is 2. The molecule has 2 rings (SSSR count). The van der Waals surface area contributed by atoms with Gasteiger partial charge in [0.15, 0.2) is 5.15 Å². The number of pyridine rings is 1. The van der Waals surface area contributed by atoms with Gasteiger partial charge in [0.25, 0.3) is 0 Å². The van der Waals surface area contributed by atoms with Gasteiger partial charge in [-0.1, -0.05) is 23.1 Å². The summed E-state index contributed by atoms with van der Waals surface area (Å²) in [4.78, 5) is 15.9. The van der Waals surface area contributed by atoms with Crippen LogP contribution in [0.2, 0.25) is 5.15 Å². The van der Waals surface area contributed by atoms with Crippen molar-refractivity contribution < 1.29 is 4.79 Å². The minimum absolute atomic E-state index is 0.264. The van der Waals surface area contributed by atoms with E-state index in [1.165, 1.54) is 6.20 Å². The van der Waals surface area contributed by atoms with E-state index in [0.717, 1.165) is 0 Å². The lowest BCUT2D eigenvalue weighted by Gasteiger charge is -2.12. The van der Waals surface area contributed by atoms with E-state index < -0.39 is 5.92 Å². The molecule has 0 aliphatic heterocycles. The van der Waals surface area contributed by atoms with Crippen LogP contribution in [-0.2, 0) is 4.79 Å². The van der Waals surface area contributed by atoms with Gasteiger partial charge in [-0.3, -0.25) is 15.6 Å². The molecule has 2 N–H and O–H groups in total. The van der Waals surface area contributed by atoms with Gasteiger partial charge in [0, 0.05) is 6.20 Å². The van der Waals surface area contributed by atoms with Gasteiger partial charge in [-0.05, 0) is 25.1 Å². The summed E-state index contributed by atoms with van der Waals surface area (Å²) in [5.74, 6) is -0.247. The van der Waals surface area contributed by atoms with Crippen LogP contribution in [0, 0.1) is 0 Å². The maximum absolute atomic E-state index is 11.9. The first-order chi connectivity index (χ1) is 9.56. The Morgan fingerprint density at radius 1 is 1.30 bits per heavy atom. The number of anilines is 1. The van der Waals surface area contributed by atoms with Crippen molar-refractivity contribution >= 4 is 36.6 Å². The molecule has 6 nitrogen and oxygen atoms in total. The normalized spacial score (nSPS) is 11.7. The summed E-state index contributed by atoms with van der Waals surface area (Å²) in [6, 6.07) is 6.57. The fraction of sp³-hybridized carbons (Fsp3) is 0.167. The van der Waals surface area contributed by atoms with Gasteiger partial charge in [-0.2, -0.15) is 5.10 Å². The monoisotopic (exact) mass is 287 g/mol. The van der Waals surface area contributed by atoms with E-state index in [-0.39, 0.29) is 11.1 Å². The smallest absolute Gasteiger partial charge is 0.247 e. The highest BCUT2D eigenvalue weighted by Gasteiger charge is 2.16. The highest BCUT2D eigenvalue weighted by molar-refractivity contribution is 6.32. The Kier molecular flexibility index (Phi) is 4.52. The van der Waals surface area contributed by atoms with Gasteiger partial charge in [0.1, 0.15) is 13.7 Å². The molecule has 0 bridgehead atoms. The molecule has 2 aromatic heterocycles. The van der Waals surface area contributed by atoms with Crippen LogP contribution in [0.1, 0.15) is 18.5 Å². The Hall–Kier alpha value is -2.15. The quantitative estimate of drug-likeness (QED) is 0.635. The van der Waals surface area contributed by atoms with Crippen LogP contribution in [0.3, 0.4) is 0 Å². The number of aromatic nitrogens is 3. The van der Waals surface area contributed by atoms with E-state index in [1.54, 1.807) is 31.2 Å². The van der Waals surface area contributed by atoms with Gasteiger partial charge >= 0.3 is 0 Å². The van der Waals surface area contributed by atoms with Crippen LogP contribution in [0.25, 0.3) is 0 Å². The lowest BCUT2D eigenvalue weighted by atomic mass is 9.99. The molecule has 100 valence electrons. The van der Waals surface area contributed by atoms with E-state index in [9.17, 15) is 4.79 Å². The minimum Gasteiger partial charge on any atom is -0.282 e. The Balaban J connectivity index is 1.94. The van der Waals surface area contributed by atoms with Crippen molar-refractivity contribution in [1.29, 1.82) is 0 Å². The molecule has 2 radical (unpaired) electrons. The number of carbonyl (C=O) groups excluding carboxylic acids is 1. The number of hydrogen-bond acceptors (Lipinski definition) is 5. The standard InChI is InChI=1S/C12H11BClN5O/c1-7(9-3-4-10(14)17-16-9)12(20)19-18-11-5-2-8(13)6-15-11/h2-7H,1H3,(H,15,18)(H,19,20). The van der Waals surface area contributed by atoms with Gasteiger partial charge in [0.05, 0.1) is 11.6 Å². The first-order valence-corrected chi connectivity index (χ1v) is 6.20. The van der Waals surface area contributed by atoms with Crippen LogP contribution in [0.5, 0.6) is 0 Å². The average Bonchev–Trinajstić information content (AvgIpc) is 2.46. The topological polar surface area (TPSA) is 79.8 Å². The second-order valence-corrected chi connectivity index (χ2v) is 4.48. The summed E-state index contributed by atoms with van der Waals surface area (Å²) in [6.07, 6.45) is 1.49. The zero-order valence-corrected chi connectivity index (χ0v) is 11.4. The van der Waals surface area contributed by atoms with Crippen molar-refractivity contribution in [3.05, 3.63) is 41.3 Å². The maximum atomic E-state index is 11.9. The molecule has 0 aliphatic rings. The lowest BCUT2D eigenvalue weighted by molar-refractivity contribution is -0.121. The molecule has 1 amide bonds. The number of amides is 1. The maximum Gasteiger partial charge on any atom is 0.247 e. The molecular weight excluding hydrogens is 276 g/mol. The highest BCUT2D eigenvalue weighted by atomic mass is 35.5. The molecule has 0 spiro atoms. The van der Waals surface area contributed by atoms with Gasteiger partial charge in [0.2, 0.25) is 5.91 Å². The lowest BCUT2D eigenvalue weighted by Crippen LogP contribution is -2.33. The predicted octanol–water partition coefficient (Wildman–Crippen LogP) is 0.566. The van der Waals surface area contributed by atoms with Crippen LogP contribution < -0.4 is 16.3 Å². The number of carbonyl (C=O) groups is 1. The summed E-state index contributed by atoms with van der Waals surface area (Å²) < 4.78 is 0. The zero-order chi connectivity index (χ0) is 14.5. The van der Waals surface area contributed by atoms with Crippen molar-refractivity contribution in [2.75, 3.05) is 5.43 Å². The molecule has 0 fully saturated rings. The molecule has 1 atom stereocenters. The van der Waals surface area contributed by atoms with Crippen molar-refractivity contribution in [2.24, 2.45) is 0 Å². The van der Waals surface area contributed by atoms with Crippen molar-refractivity contribution in [3.8, 4) is 0 Å². The van der Waals surface area contributed by atoms with Crippen LogP contribution in [0.4, 0.5) is 5.82 Å². The number of nitrogens with zero attached hydrogens (tertiary/aromatic N) is 3. The number of hydrazine groups is 1. The fourth-order valence-electron chi connectivity index (χ4n) is 1.40. The van der Waals surface area contributed by atoms with E-state index in [0.29, 0.717) is 17.0 Å². The third-order valence-electron chi connectivity index (χ3n) is 2.59. The van der Waals surface area contributed by atoms with Gasteiger partial charge < -0.3 is 0 Å². The van der Waals surface area contributed by atoms with E-state index in [1.807, 2.05) is 0 Å². The predicted molar refractivity (Wildman–Crippen MR) is 76.8 cm³/mol. The van der Waals surface area contributed by atoms with E-state index >= 15 is 0 Å². The summed E-state index contributed by atoms with van der Waals surface area (Å²) in [7, 11) is 5.52. The van der Waals surface area contributed by atoms with Crippen molar-refractivity contribution in [3.63, 3.8) is 0 Å². The van der Waals surface area contributed by atoms with E-state index in [4.69, 9.17) is 19.4 Å². The second kappa shape index (κ2) is 6.34. The van der Waals surface area contributed by atoms with Crippen LogP contribution in [0.15, 0.2) is 30.5 Å².